The Kier molecular flexibility index (Phi) is 5.12. The van der Waals surface area contributed by atoms with Crippen LogP contribution < -0.4 is 4.74 Å². The molecule has 2 heterocycles. The van der Waals surface area contributed by atoms with Crippen LogP contribution in [-0.2, 0) is 12.8 Å². The number of ether oxygens (including phenoxy) is 1. The monoisotopic (exact) mass is 291 g/mol. The van der Waals surface area contributed by atoms with Crippen LogP contribution in [0.2, 0.25) is 0 Å². The molecule has 0 amide bonds. The van der Waals surface area contributed by atoms with Crippen molar-refractivity contribution in [2.24, 2.45) is 0 Å². The summed E-state index contributed by atoms with van der Waals surface area (Å²) in [6, 6.07) is 7.56. The third-order valence-electron chi connectivity index (χ3n) is 2.78. The van der Waals surface area contributed by atoms with Gasteiger partial charge in [-0.15, -0.1) is 11.3 Å². The molecule has 20 heavy (non-hydrogen) atoms. The molecular formula is C15H17NO3S. The molecule has 106 valence electrons. The van der Waals surface area contributed by atoms with Gasteiger partial charge in [0, 0.05) is 23.2 Å². The van der Waals surface area contributed by atoms with Gasteiger partial charge >= 0.3 is 5.97 Å². The van der Waals surface area contributed by atoms with Crippen molar-refractivity contribution in [3.63, 3.8) is 0 Å². The molecule has 0 saturated carbocycles. The largest absolute Gasteiger partial charge is 0.491 e. The summed E-state index contributed by atoms with van der Waals surface area (Å²) in [5, 5.41) is 9.18. The van der Waals surface area contributed by atoms with Crippen LogP contribution in [0.15, 0.2) is 30.5 Å². The zero-order valence-electron chi connectivity index (χ0n) is 11.3. The molecule has 4 nitrogen and oxygen atoms in total. The number of hydrogen-bond donors (Lipinski definition) is 1. The number of rotatable bonds is 7. The van der Waals surface area contributed by atoms with Gasteiger partial charge in [0.1, 0.15) is 5.75 Å². The first-order valence-electron chi connectivity index (χ1n) is 6.59. The third-order valence-corrected chi connectivity index (χ3v) is 3.95. The fourth-order valence-corrected chi connectivity index (χ4v) is 2.90. The zero-order valence-corrected chi connectivity index (χ0v) is 12.2. The van der Waals surface area contributed by atoms with Crippen LogP contribution in [0.5, 0.6) is 5.75 Å². The Morgan fingerprint density at radius 1 is 1.40 bits per heavy atom. The van der Waals surface area contributed by atoms with Crippen molar-refractivity contribution in [3.8, 4) is 5.75 Å². The fraction of sp³-hybridized carbons (Fsp3) is 0.333. The first-order chi connectivity index (χ1) is 9.70. The maximum absolute atomic E-state index is 11.2. The maximum Gasteiger partial charge on any atom is 0.349 e. The normalized spacial score (nSPS) is 10.4. The molecule has 0 aromatic carbocycles. The second kappa shape index (κ2) is 7.05. The van der Waals surface area contributed by atoms with E-state index in [4.69, 9.17) is 4.74 Å². The topological polar surface area (TPSA) is 59.4 Å². The molecule has 0 aliphatic rings. The van der Waals surface area contributed by atoms with Gasteiger partial charge in [-0.2, -0.15) is 0 Å². The number of carboxylic acids is 1. The van der Waals surface area contributed by atoms with E-state index in [1.165, 1.54) is 11.3 Å². The van der Waals surface area contributed by atoms with Crippen LogP contribution in [-0.4, -0.2) is 22.7 Å². The molecule has 0 aliphatic carbocycles. The van der Waals surface area contributed by atoms with Gasteiger partial charge in [-0.05, 0) is 24.6 Å². The Morgan fingerprint density at radius 2 is 2.25 bits per heavy atom. The van der Waals surface area contributed by atoms with Crippen molar-refractivity contribution >= 4 is 17.3 Å². The van der Waals surface area contributed by atoms with Crippen LogP contribution in [0.4, 0.5) is 0 Å². The summed E-state index contributed by atoms with van der Waals surface area (Å²) in [6.45, 7) is 2.50. The number of carbonyl (C=O) groups is 1. The van der Waals surface area contributed by atoms with Crippen molar-refractivity contribution in [2.75, 3.05) is 6.61 Å². The van der Waals surface area contributed by atoms with E-state index in [2.05, 4.69) is 11.9 Å². The number of thiophene rings is 1. The number of aromatic nitrogens is 1. The van der Waals surface area contributed by atoms with E-state index in [0.717, 1.165) is 23.4 Å². The molecule has 0 bridgehead atoms. The maximum atomic E-state index is 11.2. The average molecular weight is 291 g/mol. The van der Waals surface area contributed by atoms with Crippen molar-refractivity contribution in [3.05, 3.63) is 45.9 Å². The predicted octanol–water partition coefficient (Wildman–Crippen LogP) is 3.42. The van der Waals surface area contributed by atoms with Gasteiger partial charge in [0.15, 0.2) is 4.88 Å². The molecule has 5 heteroatoms. The van der Waals surface area contributed by atoms with E-state index >= 15 is 0 Å². The zero-order chi connectivity index (χ0) is 14.4. The van der Waals surface area contributed by atoms with Crippen LogP contribution in [0.3, 0.4) is 0 Å². The lowest BCUT2D eigenvalue weighted by Gasteiger charge is -2.04. The number of aromatic carboxylic acids is 1. The Labute approximate surface area is 122 Å². The molecule has 0 radical (unpaired) electrons. The van der Waals surface area contributed by atoms with E-state index in [1.54, 1.807) is 6.20 Å². The summed E-state index contributed by atoms with van der Waals surface area (Å²) in [5.41, 5.74) is 0.938. The first-order valence-corrected chi connectivity index (χ1v) is 7.41. The van der Waals surface area contributed by atoms with Gasteiger partial charge in [-0.1, -0.05) is 19.4 Å². The molecular weight excluding hydrogens is 274 g/mol. The summed E-state index contributed by atoms with van der Waals surface area (Å²) in [6.07, 6.45) is 4.28. The number of hydrogen-bond acceptors (Lipinski definition) is 4. The van der Waals surface area contributed by atoms with E-state index in [0.29, 0.717) is 18.8 Å². The van der Waals surface area contributed by atoms with Gasteiger partial charge in [-0.25, -0.2) is 4.79 Å². The van der Waals surface area contributed by atoms with Crippen LogP contribution in [0.25, 0.3) is 0 Å². The Balaban J connectivity index is 1.99. The standard InChI is InChI=1S/C15H17NO3S/c1-2-5-12-10-13(14(20-12)15(17)18)19-9-7-11-6-3-4-8-16-11/h3-4,6,8,10H,2,5,7,9H2,1H3,(H,17,18). The van der Waals surface area contributed by atoms with Gasteiger partial charge in [-0.3, -0.25) is 4.98 Å². The van der Waals surface area contributed by atoms with Crippen molar-refractivity contribution < 1.29 is 14.6 Å². The minimum atomic E-state index is -0.926. The molecule has 0 aliphatic heterocycles. The van der Waals surface area contributed by atoms with E-state index in [-0.39, 0.29) is 4.88 Å². The Morgan fingerprint density at radius 3 is 2.90 bits per heavy atom. The van der Waals surface area contributed by atoms with Crippen molar-refractivity contribution in [1.82, 2.24) is 4.98 Å². The minimum absolute atomic E-state index is 0.287. The lowest BCUT2D eigenvalue weighted by Crippen LogP contribution is -2.04. The Hall–Kier alpha value is -1.88. The third kappa shape index (κ3) is 3.81. The van der Waals surface area contributed by atoms with E-state index < -0.39 is 5.97 Å². The predicted molar refractivity (Wildman–Crippen MR) is 78.7 cm³/mol. The first kappa shape index (κ1) is 14.5. The molecule has 2 rings (SSSR count). The molecule has 0 saturated heterocycles. The number of aryl methyl sites for hydroxylation is 1. The number of carboxylic acid groups (broad SMARTS) is 1. The van der Waals surface area contributed by atoms with E-state index in [1.807, 2.05) is 24.3 Å². The molecule has 1 N–H and O–H groups in total. The highest BCUT2D eigenvalue weighted by Crippen LogP contribution is 2.30. The molecule has 0 atom stereocenters. The second-order valence-electron chi connectivity index (χ2n) is 4.38. The molecule has 2 aromatic heterocycles. The fourth-order valence-electron chi connectivity index (χ4n) is 1.86. The highest BCUT2D eigenvalue weighted by atomic mass is 32.1. The van der Waals surface area contributed by atoms with Crippen LogP contribution >= 0.6 is 11.3 Å². The molecule has 0 spiro atoms. The smallest absolute Gasteiger partial charge is 0.349 e. The summed E-state index contributed by atoms with van der Waals surface area (Å²) in [7, 11) is 0. The highest BCUT2D eigenvalue weighted by molar-refractivity contribution is 7.14. The van der Waals surface area contributed by atoms with E-state index in [9.17, 15) is 9.90 Å². The summed E-state index contributed by atoms with van der Waals surface area (Å²) in [4.78, 5) is 16.7. The van der Waals surface area contributed by atoms with Crippen molar-refractivity contribution in [2.45, 2.75) is 26.2 Å². The summed E-state index contributed by atoms with van der Waals surface area (Å²) < 4.78 is 5.62. The quantitative estimate of drug-likeness (QED) is 0.849. The lowest BCUT2D eigenvalue weighted by atomic mass is 10.2. The number of nitrogens with zero attached hydrogens (tertiary/aromatic N) is 1. The molecule has 0 unspecified atom stereocenters. The van der Waals surface area contributed by atoms with Gasteiger partial charge in [0.2, 0.25) is 0 Å². The number of pyridine rings is 1. The van der Waals surface area contributed by atoms with Gasteiger partial charge in [0.05, 0.1) is 6.61 Å². The van der Waals surface area contributed by atoms with Crippen LogP contribution in [0.1, 0.15) is 33.6 Å². The lowest BCUT2D eigenvalue weighted by molar-refractivity contribution is 0.0698. The molecule has 0 fully saturated rings. The minimum Gasteiger partial charge on any atom is -0.491 e. The Bertz CT molecular complexity index is 566. The summed E-state index contributed by atoms with van der Waals surface area (Å²) >= 11 is 1.30. The highest BCUT2D eigenvalue weighted by Gasteiger charge is 2.16. The SMILES string of the molecule is CCCc1cc(OCCc2ccccn2)c(C(=O)O)s1. The average Bonchev–Trinajstić information content (AvgIpc) is 2.84. The van der Waals surface area contributed by atoms with Crippen LogP contribution in [0, 0.1) is 0 Å². The van der Waals surface area contributed by atoms with Gasteiger partial charge in [0.25, 0.3) is 0 Å². The second-order valence-corrected chi connectivity index (χ2v) is 5.52. The molecule has 2 aromatic rings. The van der Waals surface area contributed by atoms with Gasteiger partial charge < -0.3 is 9.84 Å². The van der Waals surface area contributed by atoms with Crippen molar-refractivity contribution in [1.29, 1.82) is 0 Å². The summed E-state index contributed by atoms with van der Waals surface area (Å²) in [5.74, 6) is -0.452.